The maximum absolute atomic E-state index is 13.7. The average Bonchev–Trinajstić information content (AvgIpc) is 2.55. The second kappa shape index (κ2) is 6.42. The van der Waals surface area contributed by atoms with Gasteiger partial charge in [0.25, 0.3) is 0 Å². The lowest BCUT2D eigenvalue weighted by Crippen LogP contribution is -2.07. The van der Waals surface area contributed by atoms with E-state index in [-0.39, 0.29) is 5.56 Å². The van der Waals surface area contributed by atoms with Crippen molar-refractivity contribution in [3.63, 3.8) is 0 Å². The molecule has 3 rings (SSSR count). The number of carbonyl (C=O) groups excluding carboxylic acids is 1. The zero-order chi connectivity index (χ0) is 16.4. The van der Waals surface area contributed by atoms with E-state index in [9.17, 15) is 13.6 Å². The quantitative estimate of drug-likeness (QED) is 0.544. The van der Waals surface area contributed by atoms with Gasteiger partial charge in [0, 0.05) is 10.0 Å². The second-order valence-electron chi connectivity index (χ2n) is 5.01. The highest BCUT2D eigenvalue weighted by atomic mass is 79.9. The fourth-order valence-electron chi connectivity index (χ4n) is 2.34. The fourth-order valence-corrected chi connectivity index (χ4v) is 2.74. The minimum Gasteiger partial charge on any atom is -0.288 e. The molecule has 4 heteroatoms. The predicted octanol–water partition coefficient (Wildman–Crippen LogP) is 5.63. The molecule has 0 fully saturated rings. The molecule has 1 nitrogen and oxygen atoms in total. The van der Waals surface area contributed by atoms with Crippen LogP contribution in [0, 0.1) is 11.6 Å². The smallest absolute Gasteiger partial charge is 0.198 e. The van der Waals surface area contributed by atoms with E-state index >= 15 is 0 Å². The van der Waals surface area contributed by atoms with Gasteiger partial charge in [-0.3, -0.25) is 4.79 Å². The van der Waals surface area contributed by atoms with Crippen molar-refractivity contribution in [3.8, 4) is 11.1 Å². The van der Waals surface area contributed by atoms with Gasteiger partial charge in [-0.2, -0.15) is 0 Å². The third-order valence-electron chi connectivity index (χ3n) is 3.49. The van der Waals surface area contributed by atoms with Crippen molar-refractivity contribution in [1.29, 1.82) is 0 Å². The van der Waals surface area contributed by atoms with Gasteiger partial charge in [-0.25, -0.2) is 8.78 Å². The Hall–Kier alpha value is -2.33. The van der Waals surface area contributed by atoms with E-state index < -0.39 is 23.0 Å². The van der Waals surface area contributed by atoms with E-state index in [2.05, 4.69) is 15.9 Å². The van der Waals surface area contributed by atoms with Gasteiger partial charge in [-0.1, -0.05) is 58.4 Å². The molecular formula is C19H11BrF2O. The first kappa shape index (κ1) is 15.6. The molecule has 0 N–H and O–H groups in total. The standard InChI is InChI=1S/C19H11BrF2O/c20-15-4-1-3-14(11-15)12-7-9-13(10-8-12)19(23)18-16(21)5-2-6-17(18)22/h1-11H. The van der Waals surface area contributed by atoms with Gasteiger partial charge in [0.1, 0.15) is 11.6 Å². The summed E-state index contributed by atoms with van der Waals surface area (Å²) in [5.74, 6) is -2.38. The molecule has 3 aromatic rings. The summed E-state index contributed by atoms with van der Waals surface area (Å²) in [7, 11) is 0. The van der Waals surface area contributed by atoms with Crippen LogP contribution in [-0.4, -0.2) is 5.78 Å². The van der Waals surface area contributed by atoms with Crippen LogP contribution in [0.2, 0.25) is 0 Å². The molecule has 0 bridgehead atoms. The van der Waals surface area contributed by atoms with Gasteiger partial charge in [0.05, 0.1) is 5.56 Å². The zero-order valence-electron chi connectivity index (χ0n) is 11.9. The van der Waals surface area contributed by atoms with E-state index in [0.717, 1.165) is 27.7 Å². The number of hydrogen-bond acceptors (Lipinski definition) is 1. The Morgan fingerprint density at radius 1 is 0.783 bits per heavy atom. The molecule has 0 radical (unpaired) electrons. The molecule has 0 unspecified atom stereocenters. The number of benzene rings is 3. The van der Waals surface area contributed by atoms with Crippen LogP contribution >= 0.6 is 15.9 Å². The SMILES string of the molecule is O=C(c1ccc(-c2cccc(Br)c2)cc1)c1c(F)cccc1F. The lowest BCUT2D eigenvalue weighted by Gasteiger charge is -2.06. The molecule has 0 aliphatic heterocycles. The third-order valence-corrected chi connectivity index (χ3v) is 3.99. The number of rotatable bonds is 3. The maximum atomic E-state index is 13.7. The lowest BCUT2D eigenvalue weighted by atomic mass is 9.99. The molecule has 0 aliphatic rings. The van der Waals surface area contributed by atoms with Crippen molar-refractivity contribution >= 4 is 21.7 Å². The van der Waals surface area contributed by atoms with Gasteiger partial charge in [-0.15, -0.1) is 0 Å². The Kier molecular flexibility index (Phi) is 4.35. The van der Waals surface area contributed by atoms with Crippen molar-refractivity contribution in [1.82, 2.24) is 0 Å². The Bertz CT molecular complexity index is 853. The van der Waals surface area contributed by atoms with Crippen LogP contribution in [0.15, 0.2) is 71.2 Å². The Labute approximate surface area is 140 Å². The lowest BCUT2D eigenvalue weighted by molar-refractivity contribution is 0.103. The van der Waals surface area contributed by atoms with Crippen LogP contribution < -0.4 is 0 Å². The first-order chi connectivity index (χ1) is 11.1. The van der Waals surface area contributed by atoms with E-state index in [1.807, 2.05) is 24.3 Å². The van der Waals surface area contributed by atoms with Crippen molar-refractivity contribution in [2.24, 2.45) is 0 Å². The summed E-state index contributed by atoms with van der Waals surface area (Å²) < 4.78 is 28.4. The summed E-state index contributed by atoms with van der Waals surface area (Å²) in [4.78, 5) is 12.3. The Balaban J connectivity index is 1.95. The number of ketones is 1. The van der Waals surface area contributed by atoms with E-state index in [1.165, 1.54) is 6.07 Å². The molecule has 0 amide bonds. The highest BCUT2D eigenvalue weighted by Gasteiger charge is 2.18. The molecule has 0 aliphatic carbocycles. The summed E-state index contributed by atoms with van der Waals surface area (Å²) in [6.45, 7) is 0. The minimum atomic E-state index is -0.855. The molecule has 0 saturated heterocycles. The van der Waals surface area contributed by atoms with E-state index in [0.29, 0.717) is 0 Å². The second-order valence-corrected chi connectivity index (χ2v) is 5.93. The first-order valence-electron chi connectivity index (χ1n) is 6.91. The predicted molar refractivity (Wildman–Crippen MR) is 89.4 cm³/mol. The van der Waals surface area contributed by atoms with Crippen LogP contribution in [-0.2, 0) is 0 Å². The number of carbonyl (C=O) groups is 1. The van der Waals surface area contributed by atoms with Crippen molar-refractivity contribution in [2.45, 2.75) is 0 Å². The van der Waals surface area contributed by atoms with Gasteiger partial charge < -0.3 is 0 Å². The first-order valence-corrected chi connectivity index (χ1v) is 7.70. The molecule has 3 aromatic carbocycles. The molecule has 23 heavy (non-hydrogen) atoms. The number of hydrogen-bond donors (Lipinski definition) is 0. The molecule has 0 saturated carbocycles. The van der Waals surface area contributed by atoms with Crippen LogP contribution in [0.4, 0.5) is 8.78 Å². The van der Waals surface area contributed by atoms with Gasteiger partial charge in [0.2, 0.25) is 0 Å². The summed E-state index contributed by atoms with van der Waals surface area (Å²) in [5, 5.41) is 0. The van der Waals surface area contributed by atoms with Crippen molar-refractivity contribution < 1.29 is 13.6 Å². The number of halogens is 3. The fraction of sp³-hybridized carbons (Fsp3) is 0. The monoisotopic (exact) mass is 372 g/mol. The van der Waals surface area contributed by atoms with Crippen LogP contribution in [0.1, 0.15) is 15.9 Å². The average molecular weight is 373 g/mol. The van der Waals surface area contributed by atoms with Crippen LogP contribution in [0.3, 0.4) is 0 Å². The normalized spacial score (nSPS) is 10.6. The van der Waals surface area contributed by atoms with E-state index in [1.54, 1.807) is 24.3 Å². The highest BCUT2D eigenvalue weighted by molar-refractivity contribution is 9.10. The molecule has 0 spiro atoms. The summed E-state index contributed by atoms with van der Waals surface area (Å²) in [6, 6.07) is 17.8. The molecule has 0 atom stereocenters. The molecular weight excluding hydrogens is 362 g/mol. The highest BCUT2D eigenvalue weighted by Crippen LogP contribution is 2.24. The van der Waals surface area contributed by atoms with Crippen LogP contribution in [0.5, 0.6) is 0 Å². The van der Waals surface area contributed by atoms with Gasteiger partial charge in [0.15, 0.2) is 5.78 Å². The van der Waals surface area contributed by atoms with Gasteiger partial charge >= 0.3 is 0 Å². The van der Waals surface area contributed by atoms with Crippen LogP contribution in [0.25, 0.3) is 11.1 Å². The molecule has 114 valence electrons. The van der Waals surface area contributed by atoms with Crippen molar-refractivity contribution in [3.05, 3.63) is 94.0 Å². The minimum absolute atomic E-state index is 0.243. The summed E-state index contributed by atoms with van der Waals surface area (Å²) in [5.41, 5.74) is 1.61. The van der Waals surface area contributed by atoms with E-state index in [4.69, 9.17) is 0 Å². The Morgan fingerprint density at radius 2 is 1.39 bits per heavy atom. The summed E-state index contributed by atoms with van der Waals surface area (Å²) >= 11 is 3.41. The van der Waals surface area contributed by atoms with Gasteiger partial charge in [-0.05, 0) is 35.4 Å². The maximum Gasteiger partial charge on any atom is 0.198 e. The zero-order valence-corrected chi connectivity index (χ0v) is 13.5. The molecule has 0 heterocycles. The third kappa shape index (κ3) is 3.22. The molecule has 0 aromatic heterocycles. The Morgan fingerprint density at radius 3 is 2.00 bits per heavy atom. The summed E-state index contributed by atoms with van der Waals surface area (Å²) in [6.07, 6.45) is 0. The topological polar surface area (TPSA) is 17.1 Å². The largest absolute Gasteiger partial charge is 0.288 e. The van der Waals surface area contributed by atoms with Crippen molar-refractivity contribution in [2.75, 3.05) is 0 Å².